The van der Waals surface area contributed by atoms with Gasteiger partial charge in [0.05, 0.1) is 11.9 Å². The van der Waals surface area contributed by atoms with Gasteiger partial charge in [0.2, 0.25) is 21.8 Å². The molecule has 0 spiro atoms. The summed E-state index contributed by atoms with van der Waals surface area (Å²) in [4.78, 5) is 29.7. The molecule has 10 heteroatoms. The molecule has 2 amide bonds. The van der Waals surface area contributed by atoms with Crippen LogP contribution in [-0.4, -0.2) is 50.0 Å². The van der Waals surface area contributed by atoms with E-state index in [1.54, 1.807) is 36.4 Å². The molecule has 1 unspecified atom stereocenters. The molecule has 0 saturated heterocycles. The lowest BCUT2D eigenvalue weighted by atomic mass is 9.94. The standard InChI is InChI=1S/C32H37Cl2N3O4S/c1-23-10-9-15-28(18-23)37(42(2,40)41)22-31(38)36(21-25-16-17-26(33)20-29(25)34)30(19-24-11-5-3-6-12-24)32(39)35-27-13-7-4-8-14-27/h3,5-6,9-12,15-18,20,27,30H,4,7-8,13-14,19,21-22H2,1-2H3,(H,35,39). The largest absolute Gasteiger partial charge is 0.352 e. The fourth-order valence-electron chi connectivity index (χ4n) is 5.33. The minimum atomic E-state index is -3.84. The van der Waals surface area contributed by atoms with E-state index in [-0.39, 0.29) is 24.9 Å². The van der Waals surface area contributed by atoms with Crippen LogP contribution < -0.4 is 9.62 Å². The number of rotatable bonds is 11. The van der Waals surface area contributed by atoms with Crippen LogP contribution in [0.5, 0.6) is 0 Å². The van der Waals surface area contributed by atoms with Gasteiger partial charge >= 0.3 is 0 Å². The molecule has 1 fully saturated rings. The lowest BCUT2D eigenvalue weighted by molar-refractivity contribution is -0.140. The number of hydrogen-bond donors (Lipinski definition) is 1. The lowest BCUT2D eigenvalue weighted by Crippen LogP contribution is -2.55. The Hall–Kier alpha value is -3.07. The molecule has 1 N–H and O–H groups in total. The number of hydrogen-bond acceptors (Lipinski definition) is 4. The molecule has 0 aromatic heterocycles. The van der Waals surface area contributed by atoms with Gasteiger partial charge in [0.1, 0.15) is 12.6 Å². The molecule has 3 aromatic carbocycles. The molecule has 0 aliphatic heterocycles. The summed E-state index contributed by atoms with van der Waals surface area (Å²) >= 11 is 12.7. The molecule has 3 aromatic rings. The van der Waals surface area contributed by atoms with Crippen LogP contribution in [0.2, 0.25) is 10.0 Å². The minimum absolute atomic E-state index is 0.00413. The van der Waals surface area contributed by atoms with Crippen molar-refractivity contribution >= 4 is 50.7 Å². The van der Waals surface area contributed by atoms with Gasteiger partial charge in [0.25, 0.3) is 0 Å². The molecule has 1 aliphatic carbocycles. The molecule has 0 heterocycles. The number of sulfonamides is 1. The monoisotopic (exact) mass is 629 g/mol. The van der Waals surface area contributed by atoms with Crippen LogP contribution in [0.3, 0.4) is 0 Å². The van der Waals surface area contributed by atoms with Crippen LogP contribution >= 0.6 is 23.2 Å². The van der Waals surface area contributed by atoms with E-state index >= 15 is 0 Å². The fourth-order valence-corrected chi connectivity index (χ4v) is 6.64. The Morgan fingerprint density at radius 2 is 1.67 bits per heavy atom. The Morgan fingerprint density at radius 3 is 2.31 bits per heavy atom. The molecule has 7 nitrogen and oxygen atoms in total. The van der Waals surface area contributed by atoms with E-state index < -0.39 is 28.5 Å². The Bertz CT molecular complexity index is 1490. The SMILES string of the molecule is Cc1cccc(N(CC(=O)N(Cc2ccc(Cl)cc2Cl)C(Cc2ccccc2)C(=O)NC2CCCCC2)S(C)(=O)=O)c1. The summed E-state index contributed by atoms with van der Waals surface area (Å²) in [5, 5.41) is 3.98. The number of carbonyl (C=O) groups excluding carboxylic acids is 2. The van der Waals surface area contributed by atoms with Gasteiger partial charge < -0.3 is 10.2 Å². The van der Waals surface area contributed by atoms with E-state index in [9.17, 15) is 18.0 Å². The van der Waals surface area contributed by atoms with E-state index in [0.29, 0.717) is 21.3 Å². The maximum absolute atomic E-state index is 14.2. The highest BCUT2D eigenvalue weighted by Gasteiger charge is 2.34. The van der Waals surface area contributed by atoms with Crippen LogP contribution in [0.15, 0.2) is 72.8 Å². The van der Waals surface area contributed by atoms with E-state index in [2.05, 4.69) is 5.32 Å². The Balaban J connectivity index is 1.74. The zero-order chi connectivity index (χ0) is 30.3. The summed E-state index contributed by atoms with van der Waals surface area (Å²) in [6, 6.07) is 20.6. The second-order valence-corrected chi connectivity index (χ2v) is 13.7. The average Bonchev–Trinajstić information content (AvgIpc) is 2.95. The first-order chi connectivity index (χ1) is 20.0. The third-order valence-electron chi connectivity index (χ3n) is 7.55. The van der Waals surface area contributed by atoms with Crippen molar-refractivity contribution in [1.82, 2.24) is 10.2 Å². The van der Waals surface area contributed by atoms with Gasteiger partial charge in [-0.2, -0.15) is 0 Å². The molecule has 4 rings (SSSR count). The van der Waals surface area contributed by atoms with Gasteiger partial charge in [-0.25, -0.2) is 8.42 Å². The quantitative estimate of drug-likeness (QED) is 0.275. The first kappa shape index (κ1) is 31.9. The zero-order valence-electron chi connectivity index (χ0n) is 23.9. The second-order valence-electron chi connectivity index (χ2n) is 10.9. The van der Waals surface area contributed by atoms with Gasteiger partial charge in [-0.3, -0.25) is 13.9 Å². The Kier molecular flexibility index (Phi) is 10.9. The van der Waals surface area contributed by atoms with Gasteiger partial charge in [0.15, 0.2) is 0 Å². The summed E-state index contributed by atoms with van der Waals surface area (Å²) in [5.41, 5.74) is 2.70. The van der Waals surface area contributed by atoms with Crippen molar-refractivity contribution < 1.29 is 18.0 Å². The Morgan fingerprint density at radius 1 is 0.952 bits per heavy atom. The fraction of sp³-hybridized carbons (Fsp3) is 0.375. The highest BCUT2D eigenvalue weighted by atomic mass is 35.5. The molecule has 0 radical (unpaired) electrons. The van der Waals surface area contributed by atoms with Gasteiger partial charge in [-0.1, -0.05) is 91.0 Å². The summed E-state index contributed by atoms with van der Waals surface area (Å²) in [6.07, 6.45) is 6.31. The van der Waals surface area contributed by atoms with E-state index in [1.165, 1.54) is 4.90 Å². The van der Waals surface area contributed by atoms with Gasteiger partial charge in [-0.05, 0) is 60.7 Å². The number of aryl methyl sites for hydroxylation is 1. The molecule has 1 atom stereocenters. The molecule has 42 heavy (non-hydrogen) atoms. The van der Waals surface area contributed by atoms with Crippen LogP contribution in [0.25, 0.3) is 0 Å². The maximum atomic E-state index is 14.2. The van der Waals surface area contributed by atoms with Crippen LogP contribution in [0, 0.1) is 6.92 Å². The topological polar surface area (TPSA) is 86.8 Å². The smallest absolute Gasteiger partial charge is 0.244 e. The molecule has 1 saturated carbocycles. The number of benzene rings is 3. The van der Waals surface area contributed by atoms with Gasteiger partial charge in [0, 0.05) is 29.1 Å². The normalized spacial score (nSPS) is 14.7. The first-order valence-corrected chi connectivity index (χ1v) is 16.7. The van der Waals surface area contributed by atoms with Crippen molar-refractivity contribution in [2.45, 2.75) is 64.1 Å². The van der Waals surface area contributed by atoms with Crippen molar-refractivity contribution in [3.63, 3.8) is 0 Å². The van der Waals surface area contributed by atoms with E-state index in [1.807, 2.05) is 43.3 Å². The predicted octanol–water partition coefficient (Wildman–Crippen LogP) is 6.16. The zero-order valence-corrected chi connectivity index (χ0v) is 26.3. The molecular formula is C32H37Cl2N3O4S. The van der Waals surface area contributed by atoms with Crippen molar-refractivity contribution in [2.24, 2.45) is 0 Å². The highest BCUT2D eigenvalue weighted by molar-refractivity contribution is 7.92. The molecule has 0 bridgehead atoms. The predicted molar refractivity (Wildman–Crippen MR) is 169 cm³/mol. The van der Waals surface area contributed by atoms with Crippen LogP contribution in [0.4, 0.5) is 5.69 Å². The summed E-state index contributed by atoms with van der Waals surface area (Å²) in [7, 11) is -3.84. The van der Waals surface area contributed by atoms with Crippen molar-refractivity contribution in [3.8, 4) is 0 Å². The first-order valence-electron chi connectivity index (χ1n) is 14.1. The minimum Gasteiger partial charge on any atom is -0.352 e. The van der Waals surface area contributed by atoms with Crippen molar-refractivity contribution in [3.05, 3.63) is 99.5 Å². The van der Waals surface area contributed by atoms with E-state index in [4.69, 9.17) is 23.2 Å². The number of halogens is 2. The number of nitrogens with zero attached hydrogens (tertiary/aromatic N) is 2. The molecule has 1 aliphatic rings. The average molecular weight is 631 g/mol. The lowest BCUT2D eigenvalue weighted by Gasteiger charge is -2.35. The van der Waals surface area contributed by atoms with Crippen molar-refractivity contribution in [2.75, 3.05) is 17.1 Å². The third-order valence-corrected chi connectivity index (χ3v) is 9.27. The summed E-state index contributed by atoms with van der Waals surface area (Å²) in [6.45, 7) is 1.37. The second kappa shape index (κ2) is 14.4. The van der Waals surface area contributed by atoms with E-state index in [0.717, 1.165) is 53.8 Å². The number of nitrogens with one attached hydrogen (secondary N) is 1. The number of amides is 2. The maximum Gasteiger partial charge on any atom is 0.244 e. The highest BCUT2D eigenvalue weighted by Crippen LogP contribution is 2.26. The summed E-state index contributed by atoms with van der Waals surface area (Å²) < 4.78 is 27.0. The van der Waals surface area contributed by atoms with Gasteiger partial charge in [-0.15, -0.1) is 0 Å². The summed E-state index contributed by atoms with van der Waals surface area (Å²) in [5.74, 6) is -0.793. The number of anilines is 1. The molecular weight excluding hydrogens is 593 g/mol. The molecule has 224 valence electrons. The van der Waals surface area contributed by atoms with Crippen LogP contribution in [0.1, 0.15) is 48.8 Å². The van der Waals surface area contributed by atoms with Crippen LogP contribution in [-0.2, 0) is 32.6 Å². The third kappa shape index (κ3) is 8.72. The Labute approximate surface area is 258 Å². The van der Waals surface area contributed by atoms with Crippen molar-refractivity contribution in [1.29, 1.82) is 0 Å². The number of carbonyl (C=O) groups is 2.